The molecule has 0 aliphatic carbocycles. The molecule has 1 heterocycles. The fourth-order valence-electron chi connectivity index (χ4n) is 1.90. The number of rotatable bonds is 7. The van der Waals surface area contributed by atoms with Crippen molar-refractivity contribution in [3.05, 3.63) is 45.8 Å². The van der Waals surface area contributed by atoms with Gasteiger partial charge in [0.15, 0.2) is 0 Å². The minimum atomic E-state index is -0.417. The maximum absolute atomic E-state index is 11.0. The van der Waals surface area contributed by atoms with Crippen molar-refractivity contribution < 1.29 is 10.0 Å². The highest BCUT2D eigenvalue weighted by atomic mass is 16.6. The Morgan fingerprint density at radius 1 is 1.48 bits per heavy atom. The Morgan fingerprint density at radius 3 is 3.00 bits per heavy atom. The number of nitrogens with zero attached hydrogens (tertiary/aromatic N) is 4. The molecule has 8 nitrogen and oxygen atoms in total. The van der Waals surface area contributed by atoms with Crippen LogP contribution in [0.3, 0.4) is 0 Å². The second-order valence-corrected chi connectivity index (χ2v) is 4.68. The van der Waals surface area contributed by atoms with E-state index in [4.69, 9.17) is 5.11 Å². The number of aromatic nitrogens is 3. The molecule has 0 bridgehead atoms. The molecule has 0 saturated carbocycles. The van der Waals surface area contributed by atoms with Gasteiger partial charge in [-0.2, -0.15) is 0 Å². The zero-order valence-corrected chi connectivity index (χ0v) is 11.7. The molecule has 0 atom stereocenters. The smallest absolute Gasteiger partial charge is 0.292 e. The molecular formula is C13H17N5O3. The van der Waals surface area contributed by atoms with Gasteiger partial charge in [-0.25, -0.2) is 0 Å². The summed E-state index contributed by atoms with van der Waals surface area (Å²) in [5, 5.41) is 30.7. The van der Waals surface area contributed by atoms with E-state index in [0.717, 1.165) is 5.56 Å². The molecule has 0 amide bonds. The molecule has 0 radical (unpaired) electrons. The van der Waals surface area contributed by atoms with Crippen LogP contribution in [0.4, 0.5) is 11.4 Å². The number of aliphatic hydroxyl groups is 1. The normalized spacial score (nSPS) is 10.6. The largest absolute Gasteiger partial charge is 0.396 e. The second-order valence-electron chi connectivity index (χ2n) is 4.68. The summed E-state index contributed by atoms with van der Waals surface area (Å²) in [6.07, 6.45) is 2.36. The van der Waals surface area contributed by atoms with Crippen molar-refractivity contribution in [2.45, 2.75) is 26.4 Å². The first-order valence-corrected chi connectivity index (χ1v) is 6.59. The van der Waals surface area contributed by atoms with Crippen LogP contribution in [0.25, 0.3) is 0 Å². The van der Waals surface area contributed by atoms with Crippen LogP contribution in [0, 0.1) is 17.0 Å². The van der Waals surface area contributed by atoms with Gasteiger partial charge in [0, 0.05) is 19.2 Å². The van der Waals surface area contributed by atoms with Gasteiger partial charge in [0.1, 0.15) is 11.4 Å². The van der Waals surface area contributed by atoms with Gasteiger partial charge in [-0.15, -0.1) is 5.10 Å². The predicted octanol–water partition coefficient (Wildman–Crippen LogP) is 1.49. The lowest BCUT2D eigenvalue weighted by atomic mass is 10.2. The Balaban J connectivity index is 2.04. The average Bonchev–Trinajstić information content (AvgIpc) is 2.90. The first kappa shape index (κ1) is 14.9. The van der Waals surface area contributed by atoms with Gasteiger partial charge < -0.3 is 10.4 Å². The van der Waals surface area contributed by atoms with Crippen LogP contribution in [0.15, 0.2) is 24.4 Å². The molecule has 21 heavy (non-hydrogen) atoms. The number of benzene rings is 1. The third-order valence-corrected chi connectivity index (χ3v) is 2.94. The number of aliphatic hydroxyl groups excluding tert-OH is 1. The summed E-state index contributed by atoms with van der Waals surface area (Å²) in [6.45, 7) is 2.92. The molecule has 112 valence electrons. The molecule has 2 rings (SSSR count). The third kappa shape index (κ3) is 3.99. The van der Waals surface area contributed by atoms with Crippen molar-refractivity contribution in [2.75, 3.05) is 11.9 Å². The van der Waals surface area contributed by atoms with Gasteiger partial charge in [-0.3, -0.25) is 14.8 Å². The first-order chi connectivity index (χ1) is 10.1. The lowest BCUT2D eigenvalue weighted by Crippen LogP contribution is -2.03. The fraction of sp³-hybridized carbons (Fsp3) is 0.385. The highest BCUT2D eigenvalue weighted by Gasteiger charge is 2.13. The first-order valence-electron chi connectivity index (χ1n) is 6.59. The minimum Gasteiger partial charge on any atom is -0.396 e. The van der Waals surface area contributed by atoms with E-state index in [1.54, 1.807) is 23.0 Å². The SMILES string of the molecule is Cc1ccc([N+](=O)[O-])c(NCc2cn(CCCO)nn2)c1. The summed E-state index contributed by atoms with van der Waals surface area (Å²) in [7, 11) is 0. The van der Waals surface area contributed by atoms with E-state index in [-0.39, 0.29) is 12.3 Å². The van der Waals surface area contributed by atoms with Gasteiger partial charge in [0.2, 0.25) is 0 Å². The van der Waals surface area contributed by atoms with Crippen molar-refractivity contribution in [3.63, 3.8) is 0 Å². The lowest BCUT2D eigenvalue weighted by Gasteiger charge is -2.06. The van der Waals surface area contributed by atoms with E-state index in [1.807, 2.05) is 6.92 Å². The maximum atomic E-state index is 11.0. The highest BCUT2D eigenvalue weighted by Crippen LogP contribution is 2.25. The Morgan fingerprint density at radius 2 is 2.29 bits per heavy atom. The monoisotopic (exact) mass is 291 g/mol. The molecule has 2 aromatic rings. The lowest BCUT2D eigenvalue weighted by molar-refractivity contribution is -0.384. The highest BCUT2D eigenvalue weighted by molar-refractivity contribution is 5.62. The van der Waals surface area contributed by atoms with E-state index in [2.05, 4.69) is 15.6 Å². The van der Waals surface area contributed by atoms with Crippen LogP contribution in [-0.4, -0.2) is 31.6 Å². The Hall–Kier alpha value is -2.48. The minimum absolute atomic E-state index is 0.0354. The quantitative estimate of drug-likeness (QED) is 0.591. The zero-order chi connectivity index (χ0) is 15.2. The maximum Gasteiger partial charge on any atom is 0.292 e. The number of hydrogen-bond donors (Lipinski definition) is 2. The van der Waals surface area contributed by atoms with Gasteiger partial charge in [0.05, 0.1) is 17.7 Å². The van der Waals surface area contributed by atoms with Crippen molar-refractivity contribution in [1.82, 2.24) is 15.0 Å². The molecule has 0 unspecified atom stereocenters. The fourth-order valence-corrected chi connectivity index (χ4v) is 1.90. The van der Waals surface area contributed by atoms with Gasteiger partial charge in [-0.1, -0.05) is 11.3 Å². The third-order valence-electron chi connectivity index (χ3n) is 2.94. The standard InChI is InChI=1S/C13H17N5O3/c1-10-3-4-13(18(20)21)12(7-10)14-8-11-9-17(16-15-11)5-2-6-19/h3-4,7,9,14,19H,2,5-6,8H2,1H3. The van der Waals surface area contributed by atoms with Crippen LogP contribution < -0.4 is 5.32 Å². The summed E-state index contributed by atoms with van der Waals surface area (Å²) in [6, 6.07) is 4.92. The Bertz CT molecular complexity index is 626. The van der Waals surface area contributed by atoms with Gasteiger partial charge in [-0.05, 0) is 25.0 Å². The molecule has 0 aliphatic heterocycles. The van der Waals surface area contributed by atoms with Crippen molar-refractivity contribution >= 4 is 11.4 Å². The van der Waals surface area contributed by atoms with Gasteiger partial charge in [0.25, 0.3) is 5.69 Å². The molecule has 0 aliphatic rings. The van der Waals surface area contributed by atoms with E-state index < -0.39 is 4.92 Å². The number of anilines is 1. The predicted molar refractivity (Wildman–Crippen MR) is 76.9 cm³/mol. The van der Waals surface area contributed by atoms with Crippen LogP contribution in [-0.2, 0) is 13.1 Å². The molecule has 2 N–H and O–H groups in total. The summed E-state index contributed by atoms with van der Waals surface area (Å²) < 4.78 is 1.64. The van der Waals surface area contributed by atoms with E-state index in [0.29, 0.717) is 30.9 Å². The van der Waals surface area contributed by atoms with Crippen molar-refractivity contribution in [1.29, 1.82) is 0 Å². The summed E-state index contributed by atoms with van der Waals surface area (Å²) in [5.41, 5.74) is 2.12. The summed E-state index contributed by atoms with van der Waals surface area (Å²) in [4.78, 5) is 10.6. The van der Waals surface area contributed by atoms with E-state index in [9.17, 15) is 10.1 Å². The molecular weight excluding hydrogens is 274 g/mol. The molecule has 1 aromatic heterocycles. The molecule has 0 spiro atoms. The average molecular weight is 291 g/mol. The molecule has 8 heteroatoms. The van der Waals surface area contributed by atoms with Crippen molar-refractivity contribution in [2.24, 2.45) is 0 Å². The molecule has 1 aromatic carbocycles. The topological polar surface area (TPSA) is 106 Å². The molecule has 0 saturated heterocycles. The second kappa shape index (κ2) is 6.80. The summed E-state index contributed by atoms with van der Waals surface area (Å²) >= 11 is 0. The summed E-state index contributed by atoms with van der Waals surface area (Å²) in [5.74, 6) is 0. The number of hydrogen-bond acceptors (Lipinski definition) is 6. The zero-order valence-electron chi connectivity index (χ0n) is 11.7. The van der Waals surface area contributed by atoms with Crippen LogP contribution in [0.2, 0.25) is 0 Å². The van der Waals surface area contributed by atoms with Crippen LogP contribution in [0.1, 0.15) is 17.7 Å². The molecule has 0 fully saturated rings. The number of aryl methyl sites for hydroxylation is 2. The van der Waals surface area contributed by atoms with Crippen LogP contribution >= 0.6 is 0 Å². The van der Waals surface area contributed by atoms with Crippen LogP contribution in [0.5, 0.6) is 0 Å². The Kier molecular flexibility index (Phi) is 4.83. The van der Waals surface area contributed by atoms with Gasteiger partial charge >= 0.3 is 0 Å². The number of nitrogens with one attached hydrogen (secondary N) is 1. The van der Waals surface area contributed by atoms with E-state index in [1.165, 1.54) is 6.07 Å². The number of nitro benzene ring substituents is 1. The van der Waals surface area contributed by atoms with Crippen molar-refractivity contribution in [3.8, 4) is 0 Å². The Labute approximate surface area is 121 Å². The number of nitro groups is 1. The van der Waals surface area contributed by atoms with E-state index >= 15 is 0 Å².